The van der Waals surface area contributed by atoms with Gasteiger partial charge in [0.05, 0.1) is 35.7 Å². The molecule has 0 amide bonds. The zero-order valence-corrected chi connectivity index (χ0v) is 26.7. The maximum atomic E-state index is 13.4. The van der Waals surface area contributed by atoms with Crippen LogP contribution >= 0.6 is 11.8 Å². The van der Waals surface area contributed by atoms with E-state index in [2.05, 4.69) is 26.1 Å². The predicted octanol–water partition coefficient (Wildman–Crippen LogP) is 4.53. The van der Waals surface area contributed by atoms with Gasteiger partial charge in [-0.05, 0) is 42.7 Å². The number of nitrogens with two attached hydrogens (primary N) is 1. The number of carbonyl (C=O) groups excluding carboxylic acids is 2. The minimum Gasteiger partial charge on any atom is -0.398 e. The van der Waals surface area contributed by atoms with Gasteiger partial charge in [0.25, 0.3) is 10.1 Å². The lowest BCUT2D eigenvalue weighted by atomic mass is 9.82. The second kappa shape index (κ2) is 14.1. The molecule has 230 valence electrons. The van der Waals surface area contributed by atoms with Gasteiger partial charge in [0.1, 0.15) is 0 Å². The van der Waals surface area contributed by atoms with Crippen LogP contribution in [0.2, 0.25) is 0 Å². The minimum absolute atomic E-state index is 0.102. The molecule has 3 aromatic carbocycles. The van der Waals surface area contributed by atoms with Gasteiger partial charge >= 0.3 is 0 Å². The Kier molecular flexibility index (Phi) is 10.7. The molecule has 4 rings (SSSR count). The van der Waals surface area contributed by atoms with Gasteiger partial charge in [0.2, 0.25) is 0 Å². The predicted molar refractivity (Wildman–Crippen MR) is 174 cm³/mol. The van der Waals surface area contributed by atoms with Crippen LogP contribution in [-0.2, 0) is 16.5 Å². The lowest BCUT2D eigenvalue weighted by molar-refractivity contribution is -0.897. The minimum atomic E-state index is -4.21. The first-order chi connectivity index (χ1) is 20.5. The van der Waals surface area contributed by atoms with Crippen molar-refractivity contribution in [3.63, 3.8) is 0 Å². The van der Waals surface area contributed by atoms with Crippen LogP contribution in [0.3, 0.4) is 0 Å². The maximum absolute atomic E-state index is 13.4. The third-order valence-corrected chi connectivity index (χ3v) is 11.1. The highest BCUT2D eigenvalue weighted by Crippen LogP contribution is 2.35. The highest BCUT2D eigenvalue weighted by molar-refractivity contribution is 8.00. The lowest BCUT2D eigenvalue weighted by Crippen LogP contribution is -3.12. The number of thioether (sulfide) groups is 1. The molecule has 10 heteroatoms. The summed E-state index contributed by atoms with van der Waals surface area (Å²) in [5.41, 5.74) is 9.51. The van der Waals surface area contributed by atoms with E-state index in [0.717, 1.165) is 56.6 Å². The number of quaternary nitrogens is 1. The van der Waals surface area contributed by atoms with E-state index >= 15 is 0 Å². The summed E-state index contributed by atoms with van der Waals surface area (Å²) < 4.78 is 32.3. The number of fused-ring (bicyclic) bond motifs is 2. The van der Waals surface area contributed by atoms with E-state index < -0.39 is 10.1 Å². The smallest absolute Gasteiger partial charge is 0.294 e. The molecule has 0 aliphatic heterocycles. The normalized spacial score (nSPS) is 13.9. The van der Waals surface area contributed by atoms with Crippen LogP contribution in [0.5, 0.6) is 0 Å². The van der Waals surface area contributed by atoms with E-state index in [1.807, 2.05) is 11.8 Å². The third-order valence-electron chi connectivity index (χ3n) is 8.52. The van der Waals surface area contributed by atoms with Crippen molar-refractivity contribution >= 4 is 44.8 Å². The molecule has 1 atom stereocenters. The summed E-state index contributed by atoms with van der Waals surface area (Å²) in [5.74, 6) is 0.610. The monoisotopic (exact) mass is 624 g/mol. The fourth-order valence-corrected chi connectivity index (χ4v) is 7.15. The van der Waals surface area contributed by atoms with Crippen LogP contribution in [0.4, 0.5) is 11.4 Å². The number of hydrogen-bond donors (Lipinski definition) is 4. The topological polar surface area (TPSA) is 131 Å². The molecule has 8 nitrogen and oxygen atoms in total. The van der Waals surface area contributed by atoms with Gasteiger partial charge in [-0.3, -0.25) is 14.1 Å². The van der Waals surface area contributed by atoms with Gasteiger partial charge in [-0.2, -0.15) is 8.42 Å². The molecule has 0 bridgehead atoms. The van der Waals surface area contributed by atoms with Crippen molar-refractivity contribution in [1.29, 1.82) is 0 Å². The van der Waals surface area contributed by atoms with E-state index in [0.29, 0.717) is 34.6 Å². The average molecular weight is 625 g/mol. The van der Waals surface area contributed by atoms with Crippen molar-refractivity contribution in [1.82, 2.24) is 0 Å². The number of carbonyl (C=O) groups is 2. The SMILES string of the molecule is CCC(C)(CC)SCC[NH+](CCCNc1ccc(N)c2c1C(=O)c1ccccc1C2=O)CCc1ccc(S(=O)(=O)O)cc1. The van der Waals surface area contributed by atoms with Gasteiger partial charge in [-0.1, -0.05) is 57.2 Å². The fraction of sp³-hybridized carbons (Fsp3) is 0.394. The Labute approximate surface area is 259 Å². The Hall–Kier alpha value is -3.18. The molecule has 0 saturated carbocycles. The summed E-state index contributed by atoms with van der Waals surface area (Å²) in [7, 11) is -4.21. The first-order valence-corrected chi connectivity index (χ1v) is 17.3. The van der Waals surface area contributed by atoms with Gasteiger partial charge in [0.15, 0.2) is 11.6 Å². The molecule has 5 N–H and O–H groups in total. The second-order valence-corrected chi connectivity index (χ2v) is 14.4. The third kappa shape index (κ3) is 7.86. The molecule has 43 heavy (non-hydrogen) atoms. The van der Waals surface area contributed by atoms with E-state index in [1.165, 1.54) is 17.0 Å². The summed E-state index contributed by atoms with van der Waals surface area (Å²) in [4.78, 5) is 28.0. The summed E-state index contributed by atoms with van der Waals surface area (Å²) in [6.45, 7) is 10.2. The number of ketones is 2. The molecule has 0 fully saturated rings. The summed E-state index contributed by atoms with van der Waals surface area (Å²) in [6.07, 6.45) is 3.86. The molecule has 1 aliphatic rings. The van der Waals surface area contributed by atoms with Crippen LogP contribution in [0.1, 0.15) is 77.4 Å². The van der Waals surface area contributed by atoms with Gasteiger partial charge in [0, 0.05) is 52.4 Å². The molecule has 1 unspecified atom stereocenters. The Morgan fingerprint density at radius 1 is 0.884 bits per heavy atom. The van der Waals surface area contributed by atoms with Crippen LogP contribution in [-0.4, -0.2) is 61.2 Å². The Bertz CT molecular complexity index is 1570. The second-order valence-electron chi connectivity index (χ2n) is 11.3. The maximum Gasteiger partial charge on any atom is 0.294 e. The number of anilines is 2. The molecule has 1 aliphatic carbocycles. The molecule has 0 saturated heterocycles. The molecule has 3 aromatic rings. The number of nitrogens with one attached hydrogen (secondary N) is 2. The lowest BCUT2D eigenvalue weighted by Gasteiger charge is -2.27. The van der Waals surface area contributed by atoms with Crippen LogP contribution in [0, 0.1) is 0 Å². The summed E-state index contributed by atoms with van der Waals surface area (Å²) in [6, 6.07) is 16.7. The van der Waals surface area contributed by atoms with Crippen LogP contribution in [0.15, 0.2) is 65.6 Å². The van der Waals surface area contributed by atoms with Crippen molar-refractivity contribution in [2.24, 2.45) is 0 Å². The highest BCUT2D eigenvalue weighted by atomic mass is 32.2. The van der Waals surface area contributed by atoms with Crippen LogP contribution in [0.25, 0.3) is 0 Å². The number of nitrogen functional groups attached to an aromatic ring is 1. The van der Waals surface area contributed by atoms with Crippen molar-refractivity contribution in [2.45, 2.75) is 56.1 Å². The molecule has 0 heterocycles. The Morgan fingerprint density at radius 3 is 2.12 bits per heavy atom. The standard InChI is InChI=1S/C33H41N3O5S2/c1-4-33(3,5-2)42-22-21-36(20-17-23-11-13-24(14-12-23)43(39,40)41)19-8-18-35-28-16-15-27(34)29-30(28)32(38)26-10-7-6-9-25(26)31(29)37/h6-7,9-16,35H,4-5,8,17-22,34H2,1-3H3,(H,39,40,41)/p+1. The van der Waals surface area contributed by atoms with Crippen molar-refractivity contribution in [2.75, 3.05) is 43.0 Å². The van der Waals surface area contributed by atoms with E-state index in [4.69, 9.17) is 5.73 Å². The van der Waals surface area contributed by atoms with Crippen molar-refractivity contribution in [3.8, 4) is 0 Å². The Balaban J connectivity index is 1.41. The van der Waals surface area contributed by atoms with Gasteiger partial charge < -0.3 is 16.0 Å². The molecule has 0 aromatic heterocycles. The summed E-state index contributed by atoms with van der Waals surface area (Å²) in [5, 5.41) is 3.40. The number of rotatable bonds is 15. The van der Waals surface area contributed by atoms with E-state index in [-0.39, 0.29) is 26.8 Å². The van der Waals surface area contributed by atoms with Crippen LogP contribution < -0.4 is 16.0 Å². The largest absolute Gasteiger partial charge is 0.398 e. The van der Waals surface area contributed by atoms with Gasteiger partial charge in [-0.25, -0.2) is 0 Å². The number of benzene rings is 3. The van der Waals surface area contributed by atoms with E-state index in [1.54, 1.807) is 48.5 Å². The quantitative estimate of drug-likeness (QED) is 0.0862. The van der Waals surface area contributed by atoms with Crippen molar-refractivity contribution < 1.29 is 27.5 Å². The zero-order chi connectivity index (χ0) is 31.2. The first-order valence-electron chi connectivity index (χ1n) is 14.9. The average Bonchev–Trinajstić information content (AvgIpc) is 3.00. The number of hydrogen-bond acceptors (Lipinski definition) is 7. The van der Waals surface area contributed by atoms with Crippen molar-refractivity contribution in [3.05, 3.63) is 88.5 Å². The molecular formula is C33H42N3O5S2+. The zero-order valence-electron chi connectivity index (χ0n) is 25.1. The Morgan fingerprint density at radius 2 is 1.51 bits per heavy atom. The first kappa shape index (κ1) is 32.7. The van der Waals surface area contributed by atoms with Gasteiger partial charge in [-0.15, -0.1) is 11.8 Å². The molecule has 0 spiro atoms. The fourth-order valence-electron chi connectivity index (χ4n) is 5.38. The molecule has 0 radical (unpaired) electrons. The molecular weight excluding hydrogens is 583 g/mol. The van der Waals surface area contributed by atoms with E-state index in [9.17, 15) is 22.6 Å². The summed E-state index contributed by atoms with van der Waals surface area (Å²) >= 11 is 2.01. The highest BCUT2D eigenvalue weighted by Gasteiger charge is 2.33.